The molecule has 1 fully saturated rings. The lowest BCUT2D eigenvalue weighted by Crippen LogP contribution is -2.24. The number of fused-ring (bicyclic) bond motifs is 1. The standard InChI is InChI=1S/C16H21NO/c18-16-8-4-1-5-12(16)9-10-13-11-17-15-7-3-2-6-14(13)15/h2-3,6-7,11-12,16-18H,1,4-5,8-10H2. The number of hydrogen-bond donors (Lipinski definition) is 2. The van der Waals surface area contributed by atoms with E-state index in [1.54, 1.807) is 0 Å². The van der Waals surface area contributed by atoms with Crippen LogP contribution < -0.4 is 0 Å². The SMILES string of the molecule is OC1CCCCC1CCc1c[nH]c2ccccc12. The number of aryl methyl sites for hydroxylation is 1. The Balaban J connectivity index is 1.69. The number of rotatable bonds is 3. The summed E-state index contributed by atoms with van der Waals surface area (Å²) >= 11 is 0. The third-order valence-corrected chi connectivity index (χ3v) is 4.33. The van der Waals surface area contributed by atoms with Crippen molar-refractivity contribution in [3.63, 3.8) is 0 Å². The number of aliphatic hydroxyl groups excluding tert-OH is 1. The molecule has 96 valence electrons. The molecule has 2 atom stereocenters. The topological polar surface area (TPSA) is 36.0 Å². The summed E-state index contributed by atoms with van der Waals surface area (Å²) in [4.78, 5) is 3.32. The van der Waals surface area contributed by atoms with Crippen LogP contribution in [0.4, 0.5) is 0 Å². The highest BCUT2D eigenvalue weighted by molar-refractivity contribution is 5.82. The monoisotopic (exact) mass is 243 g/mol. The van der Waals surface area contributed by atoms with Crippen LogP contribution in [0.5, 0.6) is 0 Å². The van der Waals surface area contributed by atoms with Gasteiger partial charge in [-0.3, -0.25) is 0 Å². The van der Waals surface area contributed by atoms with Crippen LogP contribution >= 0.6 is 0 Å². The fraction of sp³-hybridized carbons (Fsp3) is 0.500. The average molecular weight is 243 g/mol. The van der Waals surface area contributed by atoms with Crippen LogP contribution in [0, 0.1) is 5.92 Å². The van der Waals surface area contributed by atoms with Crippen LogP contribution in [0.2, 0.25) is 0 Å². The van der Waals surface area contributed by atoms with Crippen LogP contribution in [0.15, 0.2) is 30.5 Å². The molecule has 2 heteroatoms. The van der Waals surface area contributed by atoms with Gasteiger partial charge in [0.25, 0.3) is 0 Å². The number of benzene rings is 1. The van der Waals surface area contributed by atoms with E-state index in [4.69, 9.17) is 0 Å². The third-order valence-electron chi connectivity index (χ3n) is 4.33. The minimum absolute atomic E-state index is 0.0658. The lowest BCUT2D eigenvalue weighted by atomic mass is 9.83. The normalized spacial score (nSPS) is 24.5. The Morgan fingerprint density at radius 3 is 2.89 bits per heavy atom. The molecule has 0 saturated heterocycles. The molecule has 0 spiro atoms. The molecule has 18 heavy (non-hydrogen) atoms. The van der Waals surface area contributed by atoms with Crippen LogP contribution in [-0.4, -0.2) is 16.2 Å². The van der Waals surface area contributed by atoms with E-state index in [2.05, 4.69) is 35.4 Å². The van der Waals surface area contributed by atoms with Gasteiger partial charge < -0.3 is 10.1 Å². The smallest absolute Gasteiger partial charge is 0.0568 e. The fourth-order valence-corrected chi connectivity index (χ4v) is 3.20. The molecular weight excluding hydrogens is 222 g/mol. The van der Waals surface area contributed by atoms with Gasteiger partial charge in [0.1, 0.15) is 0 Å². The number of H-pyrrole nitrogens is 1. The summed E-state index contributed by atoms with van der Waals surface area (Å²) in [6.45, 7) is 0. The van der Waals surface area contributed by atoms with Crippen LogP contribution in [0.1, 0.15) is 37.7 Å². The van der Waals surface area contributed by atoms with Gasteiger partial charge in [-0.15, -0.1) is 0 Å². The molecule has 1 aromatic heterocycles. The number of aromatic amines is 1. The number of hydrogen-bond acceptors (Lipinski definition) is 1. The predicted octanol–water partition coefficient (Wildman–Crippen LogP) is 3.65. The van der Waals surface area contributed by atoms with Gasteiger partial charge in [0.2, 0.25) is 0 Å². The number of nitrogens with one attached hydrogen (secondary N) is 1. The summed E-state index contributed by atoms with van der Waals surface area (Å²) in [5, 5.41) is 11.3. The van der Waals surface area contributed by atoms with E-state index in [0.717, 1.165) is 19.3 Å². The van der Waals surface area contributed by atoms with Crippen molar-refractivity contribution in [1.82, 2.24) is 4.98 Å². The number of para-hydroxylation sites is 1. The van der Waals surface area contributed by atoms with E-state index in [1.165, 1.54) is 35.7 Å². The first-order valence-corrected chi connectivity index (χ1v) is 7.07. The highest BCUT2D eigenvalue weighted by atomic mass is 16.3. The molecule has 1 heterocycles. The summed E-state index contributed by atoms with van der Waals surface area (Å²) < 4.78 is 0. The quantitative estimate of drug-likeness (QED) is 0.848. The Kier molecular flexibility index (Phi) is 3.37. The van der Waals surface area contributed by atoms with Crippen LogP contribution in [0.3, 0.4) is 0 Å². The largest absolute Gasteiger partial charge is 0.393 e. The average Bonchev–Trinajstić information content (AvgIpc) is 2.81. The molecule has 0 aliphatic heterocycles. The van der Waals surface area contributed by atoms with Crippen molar-refractivity contribution in [3.05, 3.63) is 36.0 Å². The first-order chi connectivity index (χ1) is 8.84. The Morgan fingerprint density at radius 2 is 2.00 bits per heavy atom. The number of aromatic nitrogens is 1. The Labute approximate surface area is 108 Å². The molecule has 3 rings (SSSR count). The highest BCUT2D eigenvalue weighted by Gasteiger charge is 2.22. The van der Waals surface area contributed by atoms with Crippen molar-refractivity contribution < 1.29 is 5.11 Å². The maximum absolute atomic E-state index is 10.0. The van der Waals surface area contributed by atoms with Gasteiger partial charge in [0, 0.05) is 17.1 Å². The van der Waals surface area contributed by atoms with Gasteiger partial charge >= 0.3 is 0 Å². The van der Waals surface area contributed by atoms with Gasteiger partial charge in [-0.2, -0.15) is 0 Å². The molecule has 2 aromatic rings. The van der Waals surface area contributed by atoms with Gasteiger partial charge in [-0.1, -0.05) is 31.0 Å². The molecule has 2 nitrogen and oxygen atoms in total. The number of aliphatic hydroxyl groups is 1. The van der Waals surface area contributed by atoms with Crippen molar-refractivity contribution in [3.8, 4) is 0 Å². The lowest BCUT2D eigenvalue weighted by molar-refractivity contribution is 0.0656. The maximum atomic E-state index is 10.0. The molecule has 0 amide bonds. The fourth-order valence-electron chi connectivity index (χ4n) is 3.20. The maximum Gasteiger partial charge on any atom is 0.0568 e. The second kappa shape index (κ2) is 5.15. The second-order valence-electron chi connectivity index (χ2n) is 5.51. The van der Waals surface area contributed by atoms with E-state index < -0.39 is 0 Å². The molecular formula is C16H21NO. The second-order valence-corrected chi connectivity index (χ2v) is 5.51. The van der Waals surface area contributed by atoms with Gasteiger partial charge in [0.05, 0.1) is 6.10 Å². The van der Waals surface area contributed by atoms with E-state index in [0.29, 0.717) is 5.92 Å². The molecule has 1 saturated carbocycles. The van der Waals surface area contributed by atoms with E-state index in [1.807, 2.05) is 0 Å². The lowest BCUT2D eigenvalue weighted by Gasteiger charge is -2.27. The van der Waals surface area contributed by atoms with Gasteiger partial charge in [-0.25, -0.2) is 0 Å². The van der Waals surface area contributed by atoms with E-state index in [-0.39, 0.29) is 6.10 Å². The zero-order valence-corrected chi connectivity index (χ0v) is 10.7. The molecule has 1 aliphatic rings. The first kappa shape index (κ1) is 11.8. The van der Waals surface area contributed by atoms with Gasteiger partial charge in [-0.05, 0) is 43.2 Å². The summed E-state index contributed by atoms with van der Waals surface area (Å²) in [6.07, 6.45) is 8.93. The first-order valence-electron chi connectivity index (χ1n) is 7.07. The Bertz CT molecular complexity index is 517. The molecule has 0 radical (unpaired) electrons. The Morgan fingerprint density at radius 1 is 1.17 bits per heavy atom. The third kappa shape index (κ3) is 2.30. The summed E-state index contributed by atoms with van der Waals surface area (Å²) in [5.41, 5.74) is 2.61. The molecule has 1 aliphatic carbocycles. The zero-order chi connectivity index (χ0) is 12.4. The van der Waals surface area contributed by atoms with Crippen LogP contribution in [0.25, 0.3) is 10.9 Å². The van der Waals surface area contributed by atoms with E-state index >= 15 is 0 Å². The van der Waals surface area contributed by atoms with Crippen molar-refractivity contribution in [2.45, 2.75) is 44.6 Å². The van der Waals surface area contributed by atoms with Gasteiger partial charge in [0.15, 0.2) is 0 Å². The minimum atomic E-state index is -0.0658. The molecule has 2 N–H and O–H groups in total. The summed E-state index contributed by atoms with van der Waals surface area (Å²) in [6, 6.07) is 8.45. The summed E-state index contributed by atoms with van der Waals surface area (Å²) in [5.74, 6) is 0.507. The molecule has 0 bridgehead atoms. The van der Waals surface area contributed by atoms with E-state index in [9.17, 15) is 5.11 Å². The highest BCUT2D eigenvalue weighted by Crippen LogP contribution is 2.29. The van der Waals surface area contributed by atoms with Crippen molar-refractivity contribution in [2.24, 2.45) is 5.92 Å². The Hall–Kier alpha value is -1.28. The molecule has 2 unspecified atom stereocenters. The van der Waals surface area contributed by atoms with Crippen molar-refractivity contribution in [2.75, 3.05) is 0 Å². The zero-order valence-electron chi connectivity index (χ0n) is 10.7. The van der Waals surface area contributed by atoms with Crippen molar-refractivity contribution in [1.29, 1.82) is 0 Å². The summed E-state index contributed by atoms with van der Waals surface area (Å²) in [7, 11) is 0. The minimum Gasteiger partial charge on any atom is -0.393 e. The predicted molar refractivity (Wildman–Crippen MR) is 74.6 cm³/mol. The van der Waals surface area contributed by atoms with Crippen molar-refractivity contribution >= 4 is 10.9 Å². The van der Waals surface area contributed by atoms with Crippen LogP contribution in [-0.2, 0) is 6.42 Å². The molecule has 1 aromatic carbocycles.